The van der Waals surface area contributed by atoms with Crippen LogP contribution in [0.2, 0.25) is 0 Å². The van der Waals surface area contributed by atoms with E-state index in [0.29, 0.717) is 6.54 Å². The summed E-state index contributed by atoms with van der Waals surface area (Å²) < 4.78 is 31.0. The van der Waals surface area contributed by atoms with Crippen LogP contribution in [0.5, 0.6) is 5.75 Å². The molecule has 2 aromatic carbocycles. The fourth-order valence-electron chi connectivity index (χ4n) is 3.15. The molecule has 0 aliphatic rings. The maximum Gasteiger partial charge on any atom is 0.387 e. The van der Waals surface area contributed by atoms with Crippen molar-refractivity contribution in [3.05, 3.63) is 60.4 Å². The van der Waals surface area contributed by atoms with Gasteiger partial charge < -0.3 is 19.5 Å². The summed E-state index contributed by atoms with van der Waals surface area (Å²) in [6.07, 6.45) is 2.79. The van der Waals surface area contributed by atoms with Gasteiger partial charge in [-0.3, -0.25) is 4.99 Å². The predicted octanol–water partition coefficient (Wildman–Crippen LogP) is 4.35. The Kier molecular flexibility index (Phi) is 9.28. The van der Waals surface area contributed by atoms with E-state index in [9.17, 15) is 8.78 Å². The van der Waals surface area contributed by atoms with Crippen molar-refractivity contribution in [2.45, 2.75) is 26.1 Å². The van der Waals surface area contributed by atoms with Crippen LogP contribution >= 0.6 is 24.0 Å². The zero-order valence-corrected chi connectivity index (χ0v) is 19.3. The van der Waals surface area contributed by atoms with Gasteiger partial charge in [0.1, 0.15) is 5.75 Å². The van der Waals surface area contributed by atoms with Crippen LogP contribution < -0.4 is 10.1 Å². The van der Waals surface area contributed by atoms with E-state index in [4.69, 9.17) is 0 Å². The first-order valence-electron chi connectivity index (χ1n) is 9.42. The first-order valence-corrected chi connectivity index (χ1v) is 9.42. The van der Waals surface area contributed by atoms with E-state index in [1.807, 2.05) is 36.5 Å². The third-order valence-electron chi connectivity index (χ3n) is 4.53. The highest BCUT2D eigenvalue weighted by Crippen LogP contribution is 2.16. The normalized spacial score (nSPS) is 11.4. The second-order valence-electron chi connectivity index (χ2n) is 6.63. The summed E-state index contributed by atoms with van der Waals surface area (Å²) in [7, 11) is 3.67. The standard InChI is InChI=1S/C21H25F2N5O.HI/c1-24-21(27(2)14-16-8-10-17(11-9-16)29-20(22)23)25-12-5-13-28-15-26-18-6-3-4-7-19(18)28;/h3-4,6-11,15,20H,5,12-14H2,1-2H3,(H,24,25);1H. The lowest BCUT2D eigenvalue weighted by atomic mass is 10.2. The SMILES string of the molecule is CN=C(NCCCn1cnc2ccccc21)N(C)Cc1ccc(OC(F)F)cc1.I. The molecular weight excluding hydrogens is 503 g/mol. The van der Waals surface area contributed by atoms with Gasteiger partial charge in [0.15, 0.2) is 5.96 Å². The van der Waals surface area contributed by atoms with Crippen LogP contribution in [0.4, 0.5) is 8.78 Å². The smallest absolute Gasteiger partial charge is 0.387 e. The number of benzene rings is 2. The molecule has 1 aromatic heterocycles. The molecule has 0 radical (unpaired) electrons. The molecule has 0 saturated carbocycles. The van der Waals surface area contributed by atoms with Crippen molar-refractivity contribution in [2.24, 2.45) is 4.99 Å². The van der Waals surface area contributed by atoms with Gasteiger partial charge in [0, 0.05) is 33.7 Å². The van der Waals surface area contributed by atoms with E-state index in [2.05, 4.69) is 30.7 Å². The Morgan fingerprint density at radius 1 is 1.20 bits per heavy atom. The molecule has 162 valence electrons. The van der Waals surface area contributed by atoms with E-state index in [-0.39, 0.29) is 29.7 Å². The number of ether oxygens (including phenoxy) is 1. The topological polar surface area (TPSA) is 54.7 Å². The van der Waals surface area contributed by atoms with Gasteiger partial charge in [-0.2, -0.15) is 8.78 Å². The zero-order chi connectivity index (χ0) is 20.6. The van der Waals surface area contributed by atoms with Crippen LogP contribution in [-0.4, -0.2) is 47.7 Å². The van der Waals surface area contributed by atoms with Gasteiger partial charge >= 0.3 is 6.61 Å². The summed E-state index contributed by atoms with van der Waals surface area (Å²) in [5, 5.41) is 3.36. The number of para-hydroxylation sites is 2. The van der Waals surface area contributed by atoms with Gasteiger partial charge in [0.25, 0.3) is 0 Å². The largest absolute Gasteiger partial charge is 0.435 e. The Morgan fingerprint density at radius 2 is 1.93 bits per heavy atom. The molecule has 30 heavy (non-hydrogen) atoms. The Balaban J connectivity index is 0.00000320. The Morgan fingerprint density at radius 3 is 2.63 bits per heavy atom. The summed E-state index contributed by atoms with van der Waals surface area (Å²) in [5.41, 5.74) is 3.11. The van der Waals surface area contributed by atoms with Crippen molar-refractivity contribution >= 4 is 41.0 Å². The quantitative estimate of drug-likeness (QED) is 0.204. The molecule has 0 fully saturated rings. The minimum absolute atomic E-state index is 0. The number of aliphatic imine (C=N–C) groups is 1. The van der Waals surface area contributed by atoms with Gasteiger partial charge in [0.05, 0.1) is 17.4 Å². The molecule has 0 aliphatic heterocycles. The lowest BCUT2D eigenvalue weighted by molar-refractivity contribution is -0.0498. The van der Waals surface area contributed by atoms with Crippen LogP contribution in [0.25, 0.3) is 11.0 Å². The highest BCUT2D eigenvalue weighted by atomic mass is 127. The van der Waals surface area contributed by atoms with E-state index < -0.39 is 6.61 Å². The van der Waals surface area contributed by atoms with Crippen molar-refractivity contribution < 1.29 is 13.5 Å². The number of hydrogen-bond donors (Lipinski definition) is 1. The fourth-order valence-corrected chi connectivity index (χ4v) is 3.15. The third kappa shape index (κ3) is 6.54. The second-order valence-corrected chi connectivity index (χ2v) is 6.63. The van der Waals surface area contributed by atoms with Gasteiger partial charge in [0.2, 0.25) is 0 Å². The minimum atomic E-state index is -2.81. The highest BCUT2D eigenvalue weighted by molar-refractivity contribution is 14.0. The molecule has 1 N–H and O–H groups in total. The molecule has 0 bridgehead atoms. The van der Waals surface area contributed by atoms with Crippen LogP contribution in [-0.2, 0) is 13.1 Å². The fraction of sp³-hybridized carbons (Fsp3) is 0.333. The van der Waals surface area contributed by atoms with Crippen molar-refractivity contribution in [1.82, 2.24) is 19.8 Å². The minimum Gasteiger partial charge on any atom is -0.435 e. The first-order chi connectivity index (χ1) is 14.1. The number of hydrogen-bond acceptors (Lipinski definition) is 3. The average molecular weight is 529 g/mol. The number of imidazole rings is 1. The van der Waals surface area contributed by atoms with Gasteiger partial charge in [-0.05, 0) is 36.2 Å². The molecule has 0 amide bonds. The summed E-state index contributed by atoms with van der Waals surface area (Å²) >= 11 is 0. The summed E-state index contributed by atoms with van der Waals surface area (Å²) in [6.45, 7) is -0.586. The third-order valence-corrected chi connectivity index (χ3v) is 4.53. The van der Waals surface area contributed by atoms with E-state index in [1.165, 1.54) is 0 Å². The summed E-state index contributed by atoms with van der Waals surface area (Å²) in [6, 6.07) is 14.7. The molecule has 3 aromatic rings. The number of fused-ring (bicyclic) bond motifs is 1. The number of alkyl halides is 2. The van der Waals surface area contributed by atoms with Crippen molar-refractivity contribution in [2.75, 3.05) is 20.6 Å². The Bertz CT molecular complexity index is 946. The van der Waals surface area contributed by atoms with Crippen molar-refractivity contribution in [3.8, 4) is 5.75 Å². The average Bonchev–Trinajstić information content (AvgIpc) is 3.12. The van der Waals surface area contributed by atoms with Gasteiger partial charge in [-0.1, -0.05) is 24.3 Å². The first kappa shape index (κ1) is 23.8. The number of halogens is 3. The number of aromatic nitrogens is 2. The monoisotopic (exact) mass is 529 g/mol. The number of nitrogens with zero attached hydrogens (tertiary/aromatic N) is 4. The molecule has 0 atom stereocenters. The lowest BCUT2D eigenvalue weighted by Crippen LogP contribution is -2.39. The number of rotatable bonds is 8. The highest BCUT2D eigenvalue weighted by Gasteiger charge is 2.08. The molecule has 1 heterocycles. The van der Waals surface area contributed by atoms with E-state index >= 15 is 0 Å². The molecule has 3 rings (SSSR count). The second kappa shape index (κ2) is 11.7. The van der Waals surface area contributed by atoms with Crippen LogP contribution in [0.3, 0.4) is 0 Å². The molecule has 0 spiro atoms. The van der Waals surface area contributed by atoms with E-state index in [1.54, 1.807) is 31.3 Å². The molecule has 9 heteroatoms. The maximum absolute atomic E-state index is 12.2. The maximum atomic E-state index is 12.2. The molecule has 0 unspecified atom stereocenters. The van der Waals surface area contributed by atoms with Crippen molar-refractivity contribution in [1.29, 1.82) is 0 Å². The summed E-state index contributed by atoms with van der Waals surface area (Å²) in [5.74, 6) is 0.925. The zero-order valence-electron chi connectivity index (χ0n) is 17.0. The lowest BCUT2D eigenvalue weighted by Gasteiger charge is -2.22. The molecule has 0 aliphatic carbocycles. The summed E-state index contributed by atoms with van der Waals surface area (Å²) in [4.78, 5) is 10.7. The predicted molar refractivity (Wildman–Crippen MR) is 126 cm³/mol. The van der Waals surface area contributed by atoms with Gasteiger partial charge in [-0.25, -0.2) is 4.98 Å². The molecule has 6 nitrogen and oxygen atoms in total. The molecule has 0 saturated heterocycles. The number of guanidine groups is 1. The van der Waals surface area contributed by atoms with Crippen LogP contribution in [0, 0.1) is 0 Å². The Labute approximate surface area is 192 Å². The number of aryl methyl sites for hydroxylation is 1. The van der Waals surface area contributed by atoms with Crippen molar-refractivity contribution in [3.63, 3.8) is 0 Å². The van der Waals surface area contributed by atoms with E-state index in [0.717, 1.165) is 42.1 Å². The number of nitrogens with one attached hydrogen (secondary N) is 1. The molecular formula is C21H26F2IN5O. The Hall–Kier alpha value is -2.43. The van der Waals surface area contributed by atoms with Gasteiger partial charge in [-0.15, -0.1) is 24.0 Å². The van der Waals surface area contributed by atoms with Crippen LogP contribution in [0.15, 0.2) is 59.9 Å². The van der Waals surface area contributed by atoms with Crippen LogP contribution in [0.1, 0.15) is 12.0 Å².